The van der Waals surface area contributed by atoms with Crippen molar-refractivity contribution in [3.05, 3.63) is 60.2 Å². The zero-order valence-electron chi connectivity index (χ0n) is 12.6. The first-order valence-corrected chi connectivity index (χ1v) is 6.86. The van der Waals surface area contributed by atoms with Gasteiger partial charge in [0.2, 0.25) is 6.61 Å². The minimum Gasteiger partial charge on any atom is -0.479 e. The molecule has 114 valence electrons. The summed E-state index contributed by atoms with van der Waals surface area (Å²) in [6, 6.07) is 17.7. The number of carbonyl (C=O) groups is 1. The van der Waals surface area contributed by atoms with Crippen molar-refractivity contribution in [2.75, 3.05) is 18.6 Å². The van der Waals surface area contributed by atoms with Crippen LogP contribution in [0.4, 0.5) is 11.4 Å². The van der Waals surface area contributed by atoms with E-state index in [0.29, 0.717) is 5.71 Å². The third-order valence-corrected chi connectivity index (χ3v) is 3.19. The molecule has 0 fully saturated rings. The van der Waals surface area contributed by atoms with Gasteiger partial charge in [0.15, 0.2) is 0 Å². The summed E-state index contributed by atoms with van der Waals surface area (Å²) in [6.07, 6.45) is 0. The molecule has 5 heteroatoms. The Morgan fingerprint density at radius 1 is 1.14 bits per heavy atom. The second-order valence-electron chi connectivity index (χ2n) is 4.76. The predicted octanol–water partition coefficient (Wildman–Crippen LogP) is 3.28. The molecule has 2 aromatic carbocycles. The van der Waals surface area contributed by atoms with E-state index < -0.39 is 12.6 Å². The zero-order valence-corrected chi connectivity index (χ0v) is 12.6. The van der Waals surface area contributed by atoms with Crippen molar-refractivity contribution in [2.24, 2.45) is 5.16 Å². The molecule has 0 aliphatic rings. The molecule has 0 amide bonds. The van der Waals surface area contributed by atoms with E-state index in [1.807, 2.05) is 66.5 Å². The van der Waals surface area contributed by atoms with E-state index in [1.165, 1.54) is 0 Å². The smallest absolute Gasteiger partial charge is 0.344 e. The van der Waals surface area contributed by atoms with Crippen LogP contribution in [0.15, 0.2) is 59.8 Å². The average molecular weight is 298 g/mol. The highest BCUT2D eigenvalue weighted by molar-refractivity contribution is 6.04. The Hall–Kier alpha value is -2.82. The number of para-hydroxylation sites is 2. The van der Waals surface area contributed by atoms with Crippen LogP contribution in [0.2, 0.25) is 0 Å². The molecule has 2 rings (SSSR count). The molecule has 0 unspecified atom stereocenters. The molecule has 0 aliphatic heterocycles. The van der Waals surface area contributed by atoms with Gasteiger partial charge in [-0.3, -0.25) is 0 Å². The zero-order chi connectivity index (χ0) is 15.9. The highest BCUT2D eigenvalue weighted by atomic mass is 16.6. The van der Waals surface area contributed by atoms with E-state index in [1.54, 1.807) is 6.92 Å². The van der Waals surface area contributed by atoms with E-state index in [-0.39, 0.29) is 0 Å². The molecule has 0 saturated carbocycles. The van der Waals surface area contributed by atoms with Gasteiger partial charge in [-0.2, -0.15) is 0 Å². The molecule has 0 atom stereocenters. The molecule has 0 radical (unpaired) electrons. The summed E-state index contributed by atoms with van der Waals surface area (Å²) >= 11 is 0. The average Bonchev–Trinajstić information content (AvgIpc) is 2.54. The summed E-state index contributed by atoms with van der Waals surface area (Å²) < 4.78 is 0. The van der Waals surface area contributed by atoms with Crippen molar-refractivity contribution in [3.63, 3.8) is 0 Å². The van der Waals surface area contributed by atoms with Gasteiger partial charge in [0.05, 0.1) is 11.4 Å². The number of hydrogen-bond donors (Lipinski definition) is 1. The van der Waals surface area contributed by atoms with Crippen LogP contribution in [0.25, 0.3) is 0 Å². The molecule has 0 saturated heterocycles. The number of anilines is 2. The summed E-state index contributed by atoms with van der Waals surface area (Å²) in [5, 5.41) is 12.5. The maximum absolute atomic E-state index is 10.5. The lowest BCUT2D eigenvalue weighted by molar-refractivity contribution is -0.142. The summed E-state index contributed by atoms with van der Waals surface area (Å²) in [5.41, 5.74) is 3.53. The number of carboxylic acid groups (broad SMARTS) is 1. The van der Waals surface area contributed by atoms with Gasteiger partial charge in [-0.25, -0.2) is 4.79 Å². The first-order chi connectivity index (χ1) is 10.6. The Morgan fingerprint density at radius 3 is 2.45 bits per heavy atom. The third-order valence-electron chi connectivity index (χ3n) is 3.19. The number of oxime groups is 1. The maximum Gasteiger partial charge on any atom is 0.344 e. The fourth-order valence-corrected chi connectivity index (χ4v) is 2.10. The fraction of sp³-hybridized carbons (Fsp3) is 0.176. The number of hydrogen-bond acceptors (Lipinski definition) is 4. The van der Waals surface area contributed by atoms with Crippen molar-refractivity contribution in [1.29, 1.82) is 0 Å². The highest BCUT2D eigenvalue weighted by Gasteiger charge is 2.11. The summed E-state index contributed by atoms with van der Waals surface area (Å²) in [6.45, 7) is 1.34. The maximum atomic E-state index is 10.5. The molecule has 0 bridgehead atoms. The quantitative estimate of drug-likeness (QED) is 0.656. The third kappa shape index (κ3) is 3.85. The van der Waals surface area contributed by atoms with Crippen LogP contribution in [-0.4, -0.2) is 30.4 Å². The second-order valence-corrected chi connectivity index (χ2v) is 4.76. The lowest BCUT2D eigenvalue weighted by Gasteiger charge is -2.22. The van der Waals surface area contributed by atoms with Crippen LogP contribution in [0.3, 0.4) is 0 Å². The molecular weight excluding hydrogens is 280 g/mol. The normalized spacial score (nSPS) is 11.1. The number of nitrogens with zero attached hydrogens (tertiary/aromatic N) is 2. The molecule has 0 aliphatic carbocycles. The topological polar surface area (TPSA) is 62.1 Å². The van der Waals surface area contributed by atoms with Crippen LogP contribution in [0.5, 0.6) is 0 Å². The Morgan fingerprint density at radius 2 is 1.77 bits per heavy atom. The first-order valence-electron chi connectivity index (χ1n) is 6.86. The van der Waals surface area contributed by atoms with Gasteiger partial charge in [-0.15, -0.1) is 0 Å². The van der Waals surface area contributed by atoms with E-state index >= 15 is 0 Å². The van der Waals surface area contributed by atoms with Crippen molar-refractivity contribution in [3.8, 4) is 0 Å². The van der Waals surface area contributed by atoms with Gasteiger partial charge in [-0.1, -0.05) is 41.6 Å². The van der Waals surface area contributed by atoms with E-state index in [4.69, 9.17) is 9.94 Å². The van der Waals surface area contributed by atoms with Gasteiger partial charge in [0.1, 0.15) is 0 Å². The van der Waals surface area contributed by atoms with Gasteiger partial charge < -0.3 is 14.8 Å². The second kappa shape index (κ2) is 7.26. The molecule has 0 spiro atoms. The predicted molar refractivity (Wildman–Crippen MR) is 86.7 cm³/mol. The molecule has 2 aromatic rings. The van der Waals surface area contributed by atoms with Crippen LogP contribution >= 0.6 is 0 Å². The van der Waals surface area contributed by atoms with E-state index in [2.05, 4.69) is 5.16 Å². The lowest BCUT2D eigenvalue weighted by atomic mass is 10.1. The van der Waals surface area contributed by atoms with Gasteiger partial charge in [-0.05, 0) is 25.1 Å². The largest absolute Gasteiger partial charge is 0.479 e. The van der Waals surface area contributed by atoms with Crippen LogP contribution in [0, 0.1) is 0 Å². The Balaban J connectivity index is 2.28. The summed E-state index contributed by atoms with van der Waals surface area (Å²) in [7, 11) is 1.97. The molecule has 1 N–H and O–H groups in total. The number of carboxylic acids is 1. The fourth-order valence-electron chi connectivity index (χ4n) is 2.10. The Kier molecular flexibility index (Phi) is 5.14. The highest BCUT2D eigenvalue weighted by Crippen LogP contribution is 2.27. The minimum atomic E-state index is -1.05. The summed E-state index contributed by atoms with van der Waals surface area (Å²) in [4.78, 5) is 17.3. The molecule has 5 nitrogen and oxygen atoms in total. The van der Waals surface area contributed by atoms with Crippen LogP contribution < -0.4 is 4.90 Å². The van der Waals surface area contributed by atoms with Crippen molar-refractivity contribution in [1.82, 2.24) is 0 Å². The molecule has 22 heavy (non-hydrogen) atoms. The van der Waals surface area contributed by atoms with Crippen molar-refractivity contribution < 1.29 is 14.7 Å². The molecule has 0 aromatic heterocycles. The van der Waals surface area contributed by atoms with Gasteiger partial charge in [0.25, 0.3) is 0 Å². The monoisotopic (exact) mass is 298 g/mol. The molecule has 0 heterocycles. The number of benzene rings is 2. The van der Waals surface area contributed by atoms with Gasteiger partial charge in [0, 0.05) is 18.3 Å². The van der Waals surface area contributed by atoms with E-state index in [0.717, 1.165) is 16.9 Å². The van der Waals surface area contributed by atoms with Crippen LogP contribution in [0.1, 0.15) is 12.5 Å². The van der Waals surface area contributed by atoms with E-state index in [9.17, 15) is 4.79 Å². The SMILES string of the molecule is C/C(=N\OCC(=O)O)c1ccccc1N(C)c1ccccc1. The lowest BCUT2D eigenvalue weighted by Crippen LogP contribution is -2.14. The van der Waals surface area contributed by atoms with Crippen molar-refractivity contribution >= 4 is 23.1 Å². The molecular formula is C17H18N2O3. The Bertz CT molecular complexity index is 669. The number of rotatable bonds is 6. The Labute approximate surface area is 129 Å². The van der Waals surface area contributed by atoms with Crippen LogP contribution in [-0.2, 0) is 9.63 Å². The van der Waals surface area contributed by atoms with Gasteiger partial charge >= 0.3 is 5.97 Å². The van der Waals surface area contributed by atoms with Crippen molar-refractivity contribution in [2.45, 2.75) is 6.92 Å². The number of aliphatic carboxylic acids is 1. The standard InChI is InChI=1S/C17H18N2O3/c1-13(18-22-12-17(20)21)15-10-6-7-11-16(15)19(2)14-8-4-3-5-9-14/h3-11H,12H2,1-2H3,(H,20,21)/b18-13+. The summed E-state index contributed by atoms with van der Waals surface area (Å²) in [5.74, 6) is -1.05. The first kappa shape index (κ1) is 15.6. The minimum absolute atomic E-state index is 0.450.